The summed E-state index contributed by atoms with van der Waals surface area (Å²) in [4.78, 5) is 0. The van der Waals surface area contributed by atoms with E-state index in [1.54, 1.807) is 0 Å². The van der Waals surface area contributed by atoms with E-state index in [1.807, 2.05) is 0 Å². The third kappa shape index (κ3) is 12.4. The fourth-order valence-electron chi connectivity index (χ4n) is 7.22. The molecule has 0 atom stereocenters. The van der Waals surface area contributed by atoms with Crippen molar-refractivity contribution >= 4 is 0 Å². The first-order valence-corrected chi connectivity index (χ1v) is 20.1. The monoisotopic (exact) mass is 675 g/mol. The number of rotatable bonds is 23. The molecule has 50 heavy (non-hydrogen) atoms. The van der Waals surface area contributed by atoms with Crippen LogP contribution in [-0.4, -0.2) is 13.2 Å². The summed E-state index contributed by atoms with van der Waals surface area (Å²) in [7, 11) is 0. The minimum atomic E-state index is 0.807. The van der Waals surface area contributed by atoms with E-state index < -0.39 is 0 Å². The second kappa shape index (κ2) is 21.6. The van der Waals surface area contributed by atoms with Crippen LogP contribution in [0, 0.1) is 27.7 Å². The number of aryl methyl sites for hydroxylation is 4. The molecule has 0 saturated carbocycles. The van der Waals surface area contributed by atoms with Crippen molar-refractivity contribution in [2.45, 2.75) is 144 Å². The van der Waals surface area contributed by atoms with E-state index in [1.165, 1.54) is 146 Å². The first kappa shape index (κ1) is 39.3. The first-order valence-electron chi connectivity index (χ1n) is 20.1. The van der Waals surface area contributed by atoms with Crippen molar-refractivity contribution in [2.24, 2.45) is 0 Å². The molecular weight excluding hydrogens is 609 g/mol. The van der Waals surface area contributed by atoms with Crippen LogP contribution < -0.4 is 9.47 Å². The van der Waals surface area contributed by atoms with Crippen LogP contribution in [0.25, 0.3) is 33.4 Å². The molecule has 0 spiro atoms. The number of ether oxygens (including phenoxy) is 2. The normalized spacial score (nSPS) is 11.2. The molecule has 0 aliphatic carbocycles. The molecule has 2 nitrogen and oxygen atoms in total. The predicted octanol–water partition coefficient (Wildman–Crippen LogP) is 15.0. The first-order chi connectivity index (χ1) is 24.4. The Morgan fingerprint density at radius 1 is 0.320 bits per heavy atom. The van der Waals surface area contributed by atoms with Gasteiger partial charge in [0.2, 0.25) is 0 Å². The van der Waals surface area contributed by atoms with E-state index in [2.05, 4.69) is 114 Å². The Morgan fingerprint density at radius 2 is 0.560 bits per heavy atom. The van der Waals surface area contributed by atoms with Gasteiger partial charge in [0.1, 0.15) is 11.5 Å². The Hall–Kier alpha value is -3.52. The summed E-state index contributed by atoms with van der Waals surface area (Å²) in [6.45, 7) is 14.9. The molecule has 0 aliphatic rings. The van der Waals surface area contributed by atoms with Gasteiger partial charge in [-0.3, -0.25) is 0 Å². The maximum atomic E-state index is 6.27. The molecule has 270 valence electrons. The topological polar surface area (TPSA) is 18.5 Å². The van der Waals surface area contributed by atoms with Gasteiger partial charge in [-0.1, -0.05) is 152 Å². The van der Waals surface area contributed by atoms with Crippen molar-refractivity contribution in [3.8, 4) is 44.9 Å². The number of benzene rings is 4. The molecule has 2 heteroatoms. The van der Waals surface area contributed by atoms with Crippen molar-refractivity contribution in [1.82, 2.24) is 0 Å². The lowest BCUT2D eigenvalue weighted by molar-refractivity contribution is 0.300. The molecule has 0 heterocycles. The highest BCUT2D eigenvalue weighted by Gasteiger charge is 2.11. The highest BCUT2D eigenvalue weighted by molar-refractivity contribution is 5.75. The Morgan fingerprint density at radius 3 is 0.840 bits per heavy atom. The fourth-order valence-corrected chi connectivity index (χ4v) is 7.22. The average molecular weight is 675 g/mol. The minimum absolute atomic E-state index is 0.807. The molecule has 0 unspecified atom stereocenters. The molecule has 4 aromatic rings. The lowest BCUT2D eigenvalue weighted by atomic mass is 9.95. The van der Waals surface area contributed by atoms with Gasteiger partial charge in [-0.25, -0.2) is 0 Å². The van der Waals surface area contributed by atoms with Crippen molar-refractivity contribution in [3.05, 3.63) is 95.1 Å². The Labute approximate surface area is 306 Å². The van der Waals surface area contributed by atoms with Crippen LogP contribution in [0.5, 0.6) is 11.5 Å². The summed E-state index contributed by atoms with van der Waals surface area (Å²) >= 11 is 0. The second-order valence-electron chi connectivity index (χ2n) is 14.7. The molecule has 0 fully saturated rings. The maximum absolute atomic E-state index is 6.27. The van der Waals surface area contributed by atoms with Gasteiger partial charge in [-0.2, -0.15) is 0 Å². The summed E-state index contributed by atoms with van der Waals surface area (Å²) in [5, 5.41) is 0. The van der Waals surface area contributed by atoms with Gasteiger partial charge in [0, 0.05) is 0 Å². The van der Waals surface area contributed by atoms with E-state index in [-0.39, 0.29) is 0 Å². The highest BCUT2D eigenvalue weighted by Crippen LogP contribution is 2.34. The number of hydrogen-bond donors (Lipinski definition) is 0. The van der Waals surface area contributed by atoms with Gasteiger partial charge in [0.05, 0.1) is 13.2 Å². The van der Waals surface area contributed by atoms with Crippen LogP contribution >= 0.6 is 0 Å². The third-order valence-electron chi connectivity index (χ3n) is 10.2. The van der Waals surface area contributed by atoms with Gasteiger partial charge in [-0.15, -0.1) is 0 Å². The van der Waals surface area contributed by atoms with Gasteiger partial charge >= 0.3 is 0 Å². The van der Waals surface area contributed by atoms with Gasteiger partial charge in [-0.05, 0) is 120 Å². The summed E-state index contributed by atoms with van der Waals surface area (Å²) in [6.07, 6.45) is 21.1. The molecule has 0 amide bonds. The zero-order chi connectivity index (χ0) is 35.6. The van der Waals surface area contributed by atoms with Crippen molar-refractivity contribution in [1.29, 1.82) is 0 Å². The zero-order valence-electron chi connectivity index (χ0n) is 32.5. The van der Waals surface area contributed by atoms with Crippen LogP contribution in [0.4, 0.5) is 0 Å². The molecule has 4 rings (SSSR count). The Kier molecular flexibility index (Phi) is 17.0. The Bertz CT molecular complexity index is 1380. The van der Waals surface area contributed by atoms with Gasteiger partial charge in [0.25, 0.3) is 0 Å². The summed E-state index contributed by atoms with van der Waals surface area (Å²) < 4.78 is 12.5. The van der Waals surface area contributed by atoms with Crippen molar-refractivity contribution < 1.29 is 9.47 Å². The predicted molar refractivity (Wildman–Crippen MR) is 218 cm³/mol. The van der Waals surface area contributed by atoms with Crippen LogP contribution in [0.3, 0.4) is 0 Å². The van der Waals surface area contributed by atoms with Gasteiger partial charge < -0.3 is 9.47 Å². The summed E-state index contributed by atoms with van der Waals surface area (Å²) in [5.74, 6) is 2.11. The highest BCUT2D eigenvalue weighted by atomic mass is 16.5. The SMILES string of the molecule is CCCCCCCCCCOc1c(C)cc(-c2ccc(-c3ccc(-c4cc(C)c(OCCCCCCCCCC)c(C)c4)cc3)cc2)cc1C. The summed E-state index contributed by atoms with van der Waals surface area (Å²) in [5.41, 5.74) is 12.3. The largest absolute Gasteiger partial charge is 0.493 e. The van der Waals surface area contributed by atoms with Crippen LogP contribution in [0.2, 0.25) is 0 Å². The van der Waals surface area contributed by atoms with E-state index in [9.17, 15) is 0 Å². The lowest BCUT2D eigenvalue weighted by Gasteiger charge is -2.15. The minimum Gasteiger partial charge on any atom is -0.493 e. The number of unbranched alkanes of at least 4 members (excludes halogenated alkanes) is 14. The van der Waals surface area contributed by atoms with Crippen LogP contribution in [0.1, 0.15) is 139 Å². The maximum Gasteiger partial charge on any atom is 0.125 e. The molecule has 0 aromatic heterocycles. The molecule has 0 bridgehead atoms. The molecule has 0 N–H and O–H groups in total. The molecule has 4 aromatic carbocycles. The van der Waals surface area contributed by atoms with E-state index in [0.717, 1.165) is 37.6 Å². The number of hydrogen-bond acceptors (Lipinski definition) is 2. The molecular formula is C48H66O2. The average Bonchev–Trinajstić information content (AvgIpc) is 3.12. The van der Waals surface area contributed by atoms with Crippen LogP contribution in [0.15, 0.2) is 72.8 Å². The molecule has 0 aliphatic heterocycles. The second-order valence-corrected chi connectivity index (χ2v) is 14.7. The standard InChI is InChI=1S/C48H66O2/c1-7-9-11-13-15-17-19-21-31-49-47-37(3)33-45(34-38(47)4)43-27-23-41(24-28-43)42-25-29-44(30-26-42)46-35-39(5)48(40(6)36-46)50-32-22-20-18-16-14-12-10-8-2/h23-30,33-36H,7-22,31-32H2,1-6H3. The summed E-state index contributed by atoms with van der Waals surface area (Å²) in [6, 6.07) is 27.1. The fraction of sp³-hybridized carbons (Fsp3) is 0.500. The lowest BCUT2D eigenvalue weighted by Crippen LogP contribution is -2.01. The smallest absolute Gasteiger partial charge is 0.125 e. The van der Waals surface area contributed by atoms with E-state index in [0.29, 0.717) is 0 Å². The third-order valence-corrected chi connectivity index (χ3v) is 10.2. The molecule has 0 saturated heterocycles. The van der Waals surface area contributed by atoms with Crippen LogP contribution in [-0.2, 0) is 0 Å². The Balaban J connectivity index is 1.28. The van der Waals surface area contributed by atoms with Gasteiger partial charge in [0.15, 0.2) is 0 Å². The zero-order valence-corrected chi connectivity index (χ0v) is 32.5. The quantitative estimate of drug-likeness (QED) is 0.0729. The van der Waals surface area contributed by atoms with E-state index in [4.69, 9.17) is 9.47 Å². The van der Waals surface area contributed by atoms with E-state index >= 15 is 0 Å². The molecule has 0 radical (unpaired) electrons. The van der Waals surface area contributed by atoms with Crippen molar-refractivity contribution in [3.63, 3.8) is 0 Å². The van der Waals surface area contributed by atoms with Crippen molar-refractivity contribution in [2.75, 3.05) is 13.2 Å².